The lowest BCUT2D eigenvalue weighted by atomic mass is 9.81. The van der Waals surface area contributed by atoms with E-state index < -0.39 is 5.41 Å². The Hall–Kier alpha value is -0.870. The maximum atomic E-state index is 11.7. The molecule has 1 fully saturated rings. The minimum atomic E-state index is -0.852. The van der Waals surface area contributed by atoms with Gasteiger partial charge < -0.3 is 0 Å². The minimum absolute atomic E-state index is 0.146. The van der Waals surface area contributed by atoms with Crippen molar-refractivity contribution < 1.29 is 9.59 Å². The van der Waals surface area contributed by atoms with Crippen LogP contribution in [0.4, 0.5) is 0 Å². The molecule has 0 aromatic heterocycles. The van der Waals surface area contributed by atoms with E-state index in [1.807, 2.05) is 6.07 Å². The van der Waals surface area contributed by atoms with Gasteiger partial charge in [0.1, 0.15) is 0 Å². The topological polar surface area (TPSA) is 46.2 Å². The maximum absolute atomic E-state index is 11.7. The number of hydrogen-bond acceptors (Lipinski definition) is 2. The molecule has 84 valence electrons. The SMILES string of the molecule is CC1(c2ccc(Br)cc2Cl)CC(=O)NC1=O. The molecule has 0 aliphatic carbocycles. The summed E-state index contributed by atoms with van der Waals surface area (Å²) in [6, 6.07) is 5.30. The van der Waals surface area contributed by atoms with Crippen LogP contribution in [0.3, 0.4) is 0 Å². The van der Waals surface area contributed by atoms with Gasteiger partial charge in [0.15, 0.2) is 0 Å². The number of imide groups is 1. The highest BCUT2D eigenvalue weighted by atomic mass is 79.9. The molecule has 1 N–H and O–H groups in total. The van der Waals surface area contributed by atoms with E-state index in [9.17, 15) is 9.59 Å². The fraction of sp³-hybridized carbons (Fsp3) is 0.273. The Kier molecular flexibility index (Phi) is 2.80. The molecule has 16 heavy (non-hydrogen) atoms. The monoisotopic (exact) mass is 301 g/mol. The Balaban J connectivity index is 2.51. The summed E-state index contributed by atoms with van der Waals surface area (Å²) < 4.78 is 0.842. The zero-order chi connectivity index (χ0) is 11.9. The van der Waals surface area contributed by atoms with Crippen LogP contribution in [0.1, 0.15) is 18.9 Å². The molecule has 1 unspecified atom stereocenters. The van der Waals surface area contributed by atoms with Crippen LogP contribution in [-0.2, 0) is 15.0 Å². The summed E-state index contributed by atoms with van der Waals surface area (Å²) in [6.07, 6.45) is 0.146. The molecule has 0 radical (unpaired) electrons. The van der Waals surface area contributed by atoms with Crippen LogP contribution >= 0.6 is 27.5 Å². The summed E-state index contributed by atoms with van der Waals surface area (Å²) in [5.74, 6) is -0.548. The predicted molar refractivity (Wildman–Crippen MR) is 64.3 cm³/mol. The van der Waals surface area contributed by atoms with Gasteiger partial charge >= 0.3 is 0 Å². The van der Waals surface area contributed by atoms with E-state index in [2.05, 4.69) is 21.2 Å². The summed E-state index contributed by atoms with van der Waals surface area (Å²) in [5.41, 5.74) is -0.171. The highest BCUT2D eigenvalue weighted by Gasteiger charge is 2.44. The molecule has 0 bridgehead atoms. The Bertz CT molecular complexity index is 489. The number of carbonyl (C=O) groups is 2. The lowest BCUT2D eigenvalue weighted by Crippen LogP contribution is -2.32. The van der Waals surface area contributed by atoms with E-state index in [1.54, 1.807) is 19.1 Å². The van der Waals surface area contributed by atoms with Gasteiger partial charge in [0.25, 0.3) is 0 Å². The van der Waals surface area contributed by atoms with Gasteiger partial charge in [0.05, 0.1) is 5.41 Å². The van der Waals surface area contributed by atoms with Crippen molar-refractivity contribution in [1.29, 1.82) is 0 Å². The molecule has 3 nitrogen and oxygen atoms in total. The third-order valence-corrected chi connectivity index (χ3v) is 3.60. The predicted octanol–water partition coefficient (Wildman–Crippen LogP) is 2.41. The van der Waals surface area contributed by atoms with Crippen molar-refractivity contribution >= 4 is 39.3 Å². The molecular weight excluding hydrogens is 293 g/mol. The van der Waals surface area contributed by atoms with Crippen molar-refractivity contribution in [2.24, 2.45) is 0 Å². The number of rotatable bonds is 1. The number of hydrogen-bond donors (Lipinski definition) is 1. The van der Waals surface area contributed by atoms with Crippen LogP contribution in [0.2, 0.25) is 5.02 Å². The molecule has 0 saturated carbocycles. The van der Waals surface area contributed by atoms with Gasteiger partial charge in [0.2, 0.25) is 11.8 Å². The van der Waals surface area contributed by atoms with Gasteiger partial charge in [-0.15, -0.1) is 0 Å². The average molecular weight is 303 g/mol. The van der Waals surface area contributed by atoms with Gasteiger partial charge in [-0.2, -0.15) is 0 Å². The lowest BCUT2D eigenvalue weighted by molar-refractivity contribution is -0.126. The van der Waals surface area contributed by atoms with E-state index >= 15 is 0 Å². The van der Waals surface area contributed by atoms with E-state index in [-0.39, 0.29) is 18.2 Å². The largest absolute Gasteiger partial charge is 0.296 e. The highest BCUT2D eigenvalue weighted by Crippen LogP contribution is 2.37. The molecule has 1 aromatic carbocycles. The first-order valence-corrected chi connectivity index (χ1v) is 5.90. The van der Waals surface area contributed by atoms with Gasteiger partial charge in [0, 0.05) is 15.9 Å². The summed E-state index contributed by atoms with van der Waals surface area (Å²) in [7, 11) is 0. The first-order chi connectivity index (χ1) is 7.43. The maximum Gasteiger partial charge on any atom is 0.237 e. The third kappa shape index (κ3) is 1.76. The van der Waals surface area contributed by atoms with E-state index in [1.165, 1.54) is 0 Å². The Morgan fingerprint density at radius 1 is 1.44 bits per heavy atom. The van der Waals surface area contributed by atoms with Gasteiger partial charge in [-0.1, -0.05) is 33.6 Å². The molecule has 1 aliphatic rings. The minimum Gasteiger partial charge on any atom is -0.296 e. The van der Waals surface area contributed by atoms with Crippen molar-refractivity contribution in [3.05, 3.63) is 33.3 Å². The molecule has 2 amide bonds. The fourth-order valence-electron chi connectivity index (χ4n) is 1.86. The summed E-state index contributed by atoms with van der Waals surface area (Å²) in [5, 5.41) is 2.79. The van der Waals surface area contributed by atoms with Crippen LogP contribution in [-0.4, -0.2) is 11.8 Å². The summed E-state index contributed by atoms with van der Waals surface area (Å²) >= 11 is 9.39. The molecule has 0 spiro atoms. The number of nitrogens with one attached hydrogen (secondary N) is 1. The fourth-order valence-corrected chi connectivity index (χ4v) is 2.75. The van der Waals surface area contributed by atoms with Crippen molar-refractivity contribution in [2.75, 3.05) is 0 Å². The molecule has 1 aromatic rings. The highest BCUT2D eigenvalue weighted by molar-refractivity contribution is 9.10. The standard InChI is InChI=1S/C11H9BrClNO2/c1-11(5-9(15)14-10(11)16)7-3-2-6(12)4-8(7)13/h2-4H,5H2,1H3,(H,14,15,16). The first-order valence-electron chi connectivity index (χ1n) is 4.73. The van der Waals surface area contributed by atoms with E-state index in [0.717, 1.165) is 4.47 Å². The normalized spacial score (nSPS) is 24.7. The van der Waals surface area contributed by atoms with E-state index in [4.69, 9.17) is 11.6 Å². The van der Waals surface area contributed by atoms with Crippen molar-refractivity contribution in [3.8, 4) is 0 Å². The van der Waals surface area contributed by atoms with Gasteiger partial charge in [-0.3, -0.25) is 14.9 Å². The second kappa shape index (κ2) is 3.86. The first kappa shape index (κ1) is 11.6. The van der Waals surface area contributed by atoms with Gasteiger partial charge in [-0.25, -0.2) is 0 Å². The number of carbonyl (C=O) groups excluding carboxylic acids is 2. The smallest absolute Gasteiger partial charge is 0.237 e. The van der Waals surface area contributed by atoms with Crippen LogP contribution < -0.4 is 5.32 Å². The second-order valence-electron chi connectivity index (χ2n) is 4.01. The molecule has 1 aliphatic heterocycles. The van der Waals surface area contributed by atoms with Crippen LogP contribution in [0.25, 0.3) is 0 Å². The molecule has 1 heterocycles. The summed E-state index contributed by atoms with van der Waals surface area (Å²) in [6.45, 7) is 1.72. The van der Waals surface area contributed by atoms with Crippen LogP contribution in [0.5, 0.6) is 0 Å². The molecule has 2 rings (SSSR count). The third-order valence-electron chi connectivity index (χ3n) is 2.79. The Morgan fingerprint density at radius 2 is 2.12 bits per heavy atom. The summed E-state index contributed by atoms with van der Waals surface area (Å²) in [4.78, 5) is 23.0. The average Bonchev–Trinajstić information content (AvgIpc) is 2.40. The number of benzene rings is 1. The number of amides is 2. The molecule has 1 saturated heterocycles. The van der Waals surface area contributed by atoms with E-state index in [0.29, 0.717) is 10.6 Å². The quantitative estimate of drug-likeness (QED) is 0.810. The Morgan fingerprint density at radius 3 is 2.62 bits per heavy atom. The van der Waals surface area contributed by atoms with Crippen LogP contribution in [0, 0.1) is 0 Å². The zero-order valence-electron chi connectivity index (χ0n) is 8.51. The molecule has 1 atom stereocenters. The number of halogens is 2. The molecular formula is C11H9BrClNO2. The van der Waals surface area contributed by atoms with Crippen molar-refractivity contribution in [2.45, 2.75) is 18.8 Å². The van der Waals surface area contributed by atoms with Crippen molar-refractivity contribution in [1.82, 2.24) is 5.32 Å². The van der Waals surface area contributed by atoms with Crippen molar-refractivity contribution in [3.63, 3.8) is 0 Å². The van der Waals surface area contributed by atoms with Gasteiger partial charge in [-0.05, 0) is 24.6 Å². The molecule has 5 heteroatoms. The van der Waals surface area contributed by atoms with Crippen LogP contribution in [0.15, 0.2) is 22.7 Å². The Labute approximate surface area is 106 Å². The zero-order valence-corrected chi connectivity index (χ0v) is 10.9. The second-order valence-corrected chi connectivity index (χ2v) is 5.33. The lowest BCUT2D eigenvalue weighted by Gasteiger charge is -2.21.